The second-order valence-corrected chi connectivity index (χ2v) is 7.42. The quantitative estimate of drug-likeness (QED) is 0.256. The molecular formula is C28H27NO. The average molecular weight is 394 g/mol. The largest absolute Gasteiger partial charge is 0.495 e. The minimum atomic E-state index is 0.804. The van der Waals surface area contributed by atoms with E-state index in [4.69, 9.17) is 4.74 Å². The first-order valence-electron chi connectivity index (χ1n) is 10.6. The number of ether oxygens (including phenoxy) is 1. The summed E-state index contributed by atoms with van der Waals surface area (Å²) in [5.74, 6) is 7.68. The topological polar surface area (TPSA) is 14.2 Å². The number of aryl methyl sites for hydroxylation is 1. The highest BCUT2D eigenvalue weighted by atomic mass is 16.5. The molecule has 0 saturated heterocycles. The molecule has 4 rings (SSSR count). The van der Waals surface area contributed by atoms with Crippen LogP contribution < -0.4 is 4.74 Å². The SMILES string of the molecule is CCCCCn1c(-c2ccccc2)c(C#Cc2ccccc2OC)c2ccccc21. The normalized spacial score (nSPS) is 10.6. The molecular weight excluding hydrogens is 366 g/mol. The summed E-state index contributed by atoms with van der Waals surface area (Å²) < 4.78 is 7.95. The zero-order chi connectivity index (χ0) is 20.8. The summed E-state index contributed by atoms with van der Waals surface area (Å²) in [6.45, 7) is 3.24. The molecule has 0 atom stereocenters. The molecule has 0 bridgehead atoms. The van der Waals surface area contributed by atoms with Gasteiger partial charge in [0.2, 0.25) is 0 Å². The van der Waals surface area contributed by atoms with Gasteiger partial charge in [-0.1, -0.05) is 92.3 Å². The van der Waals surface area contributed by atoms with Crippen molar-refractivity contribution in [2.24, 2.45) is 0 Å². The van der Waals surface area contributed by atoms with Gasteiger partial charge in [-0.3, -0.25) is 0 Å². The van der Waals surface area contributed by atoms with Crippen molar-refractivity contribution in [1.29, 1.82) is 0 Å². The minimum Gasteiger partial charge on any atom is -0.495 e. The van der Waals surface area contributed by atoms with Crippen molar-refractivity contribution in [3.8, 4) is 28.8 Å². The second-order valence-electron chi connectivity index (χ2n) is 7.42. The molecule has 0 aliphatic rings. The Hall–Kier alpha value is -3.44. The van der Waals surface area contributed by atoms with Gasteiger partial charge in [0, 0.05) is 17.4 Å². The highest BCUT2D eigenvalue weighted by Crippen LogP contribution is 2.34. The first kappa shape index (κ1) is 19.9. The lowest BCUT2D eigenvalue weighted by Crippen LogP contribution is -2.01. The van der Waals surface area contributed by atoms with Crippen LogP contribution in [0.25, 0.3) is 22.2 Å². The molecule has 0 radical (unpaired) electrons. The number of nitrogens with zero attached hydrogens (tertiary/aromatic N) is 1. The van der Waals surface area contributed by atoms with Gasteiger partial charge in [0.05, 0.1) is 23.9 Å². The molecule has 2 heteroatoms. The van der Waals surface area contributed by atoms with Crippen LogP contribution in [0.5, 0.6) is 5.75 Å². The van der Waals surface area contributed by atoms with E-state index in [-0.39, 0.29) is 0 Å². The fraction of sp³-hybridized carbons (Fsp3) is 0.214. The molecule has 1 heterocycles. The molecule has 2 nitrogen and oxygen atoms in total. The van der Waals surface area contributed by atoms with Crippen LogP contribution in [0.3, 0.4) is 0 Å². The van der Waals surface area contributed by atoms with Crippen molar-refractivity contribution < 1.29 is 4.74 Å². The Kier molecular flexibility index (Phi) is 6.20. The van der Waals surface area contributed by atoms with Gasteiger partial charge in [-0.25, -0.2) is 0 Å². The molecule has 0 aliphatic heterocycles. The summed E-state index contributed by atoms with van der Waals surface area (Å²) in [6.07, 6.45) is 3.59. The van der Waals surface area contributed by atoms with Gasteiger partial charge >= 0.3 is 0 Å². The van der Waals surface area contributed by atoms with E-state index in [1.165, 1.54) is 35.0 Å². The highest BCUT2D eigenvalue weighted by molar-refractivity contribution is 5.95. The second kappa shape index (κ2) is 9.37. The predicted octanol–water partition coefficient (Wildman–Crippen LogP) is 6.91. The molecule has 3 aromatic carbocycles. The highest BCUT2D eigenvalue weighted by Gasteiger charge is 2.17. The number of hydrogen-bond donors (Lipinski definition) is 0. The van der Waals surface area contributed by atoms with Crippen LogP contribution in [-0.4, -0.2) is 11.7 Å². The predicted molar refractivity (Wildman–Crippen MR) is 126 cm³/mol. The molecule has 0 N–H and O–H groups in total. The average Bonchev–Trinajstić information content (AvgIpc) is 3.12. The number of hydrogen-bond acceptors (Lipinski definition) is 1. The third kappa shape index (κ3) is 3.98. The smallest absolute Gasteiger partial charge is 0.134 e. The summed E-state index contributed by atoms with van der Waals surface area (Å²) in [4.78, 5) is 0. The molecule has 0 unspecified atom stereocenters. The van der Waals surface area contributed by atoms with Crippen molar-refractivity contribution in [3.05, 3.63) is 90.0 Å². The van der Waals surface area contributed by atoms with Crippen molar-refractivity contribution in [1.82, 2.24) is 4.57 Å². The Morgan fingerprint density at radius 3 is 2.33 bits per heavy atom. The van der Waals surface area contributed by atoms with Crippen LogP contribution in [0.4, 0.5) is 0 Å². The fourth-order valence-corrected chi connectivity index (χ4v) is 3.96. The zero-order valence-electron chi connectivity index (χ0n) is 17.7. The monoisotopic (exact) mass is 393 g/mol. The molecule has 30 heavy (non-hydrogen) atoms. The minimum absolute atomic E-state index is 0.804. The van der Waals surface area contributed by atoms with Gasteiger partial charge < -0.3 is 9.30 Å². The van der Waals surface area contributed by atoms with Gasteiger partial charge in [-0.15, -0.1) is 0 Å². The lowest BCUT2D eigenvalue weighted by molar-refractivity contribution is 0.413. The molecule has 0 fully saturated rings. The molecule has 0 spiro atoms. The molecule has 4 aromatic rings. The summed E-state index contributed by atoms with van der Waals surface area (Å²) >= 11 is 0. The van der Waals surface area contributed by atoms with E-state index in [9.17, 15) is 0 Å². The van der Waals surface area contributed by atoms with Gasteiger partial charge in [0.25, 0.3) is 0 Å². The summed E-state index contributed by atoms with van der Waals surface area (Å²) in [6, 6.07) is 27.2. The first-order valence-corrected chi connectivity index (χ1v) is 10.6. The maximum absolute atomic E-state index is 5.50. The van der Waals surface area contributed by atoms with Crippen molar-refractivity contribution in [3.63, 3.8) is 0 Å². The molecule has 0 amide bonds. The number of para-hydroxylation sites is 2. The Balaban J connectivity index is 1.94. The Morgan fingerprint density at radius 2 is 1.53 bits per heavy atom. The van der Waals surface area contributed by atoms with E-state index < -0.39 is 0 Å². The summed E-state index contributed by atoms with van der Waals surface area (Å²) in [5.41, 5.74) is 5.64. The lowest BCUT2D eigenvalue weighted by atomic mass is 10.0. The fourth-order valence-electron chi connectivity index (χ4n) is 3.96. The van der Waals surface area contributed by atoms with E-state index in [0.717, 1.165) is 29.8 Å². The summed E-state index contributed by atoms with van der Waals surface area (Å²) in [7, 11) is 1.69. The van der Waals surface area contributed by atoms with Gasteiger partial charge in [0.1, 0.15) is 5.75 Å². The molecule has 0 saturated carbocycles. The number of rotatable bonds is 6. The number of aromatic nitrogens is 1. The van der Waals surface area contributed by atoms with Crippen molar-refractivity contribution in [2.75, 3.05) is 7.11 Å². The summed E-state index contributed by atoms with van der Waals surface area (Å²) in [5, 5.41) is 1.20. The van der Waals surface area contributed by atoms with Gasteiger partial charge in [0.15, 0.2) is 0 Å². The van der Waals surface area contributed by atoms with Crippen LogP contribution in [0.15, 0.2) is 78.9 Å². The van der Waals surface area contributed by atoms with Gasteiger partial charge in [-0.2, -0.15) is 0 Å². The van der Waals surface area contributed by atoms with Crippen molar-refractivity contribution in [2.45, 2.75) is 32.7 Å². The van der Waals surface area contributed by atoms with E-state index in [0.29, 0.717) is 0 Å². The van der Waals surface area contributed by atoms with E-state index in [1.807, 2.05) is 24.3 Å². The maximum atomic E-state index is 5.50. The van der Waals surface area contributed by atoms with Gasteiger partial charge in [-0.05, 0) is 30.2 Å². The van der Waals surface area contributed by atoms with E-state index >= 15 is 0 Å². The first-order chi connectivity index (χ1) is 14.8. The van der Waals surface area contributed by atoms with Crippen LogP contribution in [0.2, 0.25) is 0 Å². The molecule has 150 valence electrons. The van der Waals surface area contributed by atoms with Crippen LogP contribution in [0, 0.1) is 11.8 Å². The number of fused-ring (bicyclic) bond motifs is 1. The number of benzene rings is 3. The van der Waals surface area contributed by atoms with Crippen LogP contribution >= 0.6 is 0 Å². The van der Waals surface area contributed by atoms with Crippen molar-refractivity contribution >= 4 is 10.9 Å². The van der Waals surface area contributed by atoms with Crippen LogP contribution in [0.1, 0.15) is 37.3 Å². The zero-order valence-corrected chi connectivity index (χ0v) is 17.7. The Labute approximate surface area is 179 Å². The number of methoxy groups -OCH3 is 1. The number of unbranched alkanes of at least 4 members (excludes halogenated alkanes) is 2. The standard InChI is InChI=1S/C28H27NO/c1-3-4-12-21-29-26-17-10-9-16-24(26)25(28(29)23-14-6-5-7-15-23)20-19-22-13-8-11-18-27(22)30-2/h5-11,13-18H,3-4,12,21H2,1-2H3. The third-order valence-electron chi connectivity index (χ3n) is 5.43. The molecule has 1 aromatic heterocycles. The van der Waals surface area contributed by atoms with Crippen LogP contribution in [-0.2, 0) is 6.54 Å². The Bertz CT molecular complexity index is 1190. The lowest BCUT2D eigenvalue weighted by Gasteiger charge is -2.11. The molecule has 0 aliphatic carbocycles. The van der Waals surface area contributed by atoms with E-state index in [1.54, 1.807) is 7.11 Å². The third-order valence-corrected chi connectivity index (χ3v) is 5.43. The van der Waals surface area contributed by atoms with E-state index in [2.05, 4.69) is 77.9 Å². The Morgan fingerprint density at radius 1 is 0.800 bits per heavy atom. The maximum Gasteiger partial charge on any atom is 0.134 e.